The van der Waals surface area contributed by atoms with Crippen LogP contribution in [0.25, 0.3) is 6.08 Å². The number of amides is 1. The van der Waals surface area contributed by atoms with E-state index in [0.29, 0.717) is 5.92 Å². The number of carbonyl (C=O) groups is 1. The van der Waals surface area contributed by atoms with E-state index in [1.807, 2.05) is 60.0 Å². The minimum Gasteiger partial charge on any atom is -0.339 e. The molecular weight excluding hydrogens is 274 g/mol. The van der Waals surface area contributed by atoms with Crippen LogP contribution in [0, 0.1) is 5.92 Å². The average Bonchev–Trinajstić information content (AvgIpc) is 3.07. The van der Waals surface area contributed by atoms with Crippen molar-refractivity contribution in [2.45, 2.75) is 19.4 Å². The molecule has 4 nitrogen and oxygen atoms in total. The maximum absolute atomic E-state index is 12.2. The van der Waals surface area contributed by atoms with Gasteiger partial charge in [-0.05, 0) is 30.4 Å². The molecule has 1 aromatic heterocycles. The Labute approximate surface area is 131 Å². The Bertz CT molecular complexity index is 611. The van der Waals surface area contributed by atoms with Gasteiger partial charge in [0.1, 0.15) is 0 Å². The number of hydrogen-bond donors (Lipinski definition) is 0. The van der Waals surface area contributed by atoms with Crippen LogP contribution < -0.4 is 0 Å². The van der Waals surface area contributed by atoms with Gasteiger partial charge in [0.25, 0.3) is 0 Å². The molecule has 0 atom stereocenters. The second-order valence-electron chi connectivity index (χ2n) is 5.77. The Hall–Kier alpha value is -2.36. The number of benzene rings is 1. The maximum atomic E-state index is 12.2. The lowest BCUT2D eigenvalue weighted by Crippen LogP contribution is -2.38. The van der Waals surface area contributed by atoms with E-state index in [0.717, 1.165) is 38.0 Å². The van der Waals surface area contributed by atoms with Gasteiger partial charge in [0, 0.05) is 38.1 Å². The molecule has 1 fully saturated rings. The van der Waals surface area contributed by atoms with Crippen LogP contribution in [0.1, 0.15) is 18.4 Å². The van der Waals surface area contributed by atoms with Crippen LogP contribution in [0.3, 0.4) is 0 Å². The van der Waals surface area contributed by atoms with Crippen molar-refractivity contribution >= 4 is 12.0 Å². The number of carbonyl (C=O) groups excluding carboxylic acids is 1. The summed E-state index contributed by atoms with van der Waals surface area (Å²) in [6, 6.07) is 9.93. The summed E-state index contributed by atoms with van der Waals surface area (Å²) in [5, 5.41) is 0. The fraction of sp³-hybridized carbons (Fsp3) is 0.333. The van der Waals surface area contributed by atoms with Crippen LogP contribution >= 0.6 is 0 Å². The van der Waals surface area contributed by atoms with Crippen LogP contribution in [0.4, 0.5) is 0 Å². The molecule has 0 aliphatic carbocycles. The van der Waals surface area contributed by atoms with Crippen molar-refractivity contribution in [1.29, 1.82) is 0 Å². The Morgan fingerprint density at radius 2 is 2.00 bits per heavy atom. The van der Waals surface area contributed by atoms with Crippen molar-refractivity contribution in [3.8, 4) is 0 Å². The SMILES string of the molecule is O=C(C=Cc1ccccc1)N1CCC(Cn2ccnc2)CC1. The first-order chi connectivity index (χ1) is 10.8. The number of rotatable bonds is 4. The lowest BCUT2D eigenvalue weighted by Gasteiger charge is -2.31. The van der Waals surface area contributed by atoms with Crippen molar-refractivity contribution in [2.75, 3.05) is 13.1 Å². The van der Waals surface area contributed by atoms with Crippen molar-refractivity contribution in [2.24, 2.45) is 5.92 Å². The summed E-state index contributed by atoms with van der Waals surface area (Å²) in [4.78, 5) is 18.2. The van der Waals surface area contributed by atoms with Gasteiger partial charge in [0.05, 0.1) is 6.33 Å². The molecule has 2 heterocycles. The van der Waals surface area contributed by atoms with Gasteiger partial charge in [-0.2, -0.15) is 0 Å². The highest BCUT2D eigenvalue weighted by Gasteiger charge is 2.21. The molecule has 1 aliphatic heterocycles. The minimum atomic E-state index is 0.116. The number of hydrogen-bond acceptors (Lipinski definition) is 2. The number of piperidine rings is 1. The molecule has 1 aromatic carbocycles. The van der Waals surface area contributed by atoms with Gasteiger partial charge in [-0.15, -0.1) is 0 Å². The van der Waals surface area contributed by atoms with Crippen LogP contribution in [-0.4, -0.2) is 33.4 Å². The monoisotopic (exact) mass is 295 g/mol. The molecule has 0 saturated carbocycles. The first-order valence-corrected chi connectivity index (χ1v) is 7.79. The van der Waals surface area contributed by atoms with E-state index in [-0.39, 0.29) is 5.91 Å². The highest BCUT2D eigenvalue weighted by atomic mass is 16.2. The van der Waals surface area contributed by atoms with Crippen molar-refractivity contribution in [3.63, 3.8) is 0 Å². The molecule has 0 radical (unpaired) electrons. The van der Waals surface area contributed by atoms with Crippen LogP contribution in [0.2, 0.25) is 0 Å². The van der Waals surface area contributed by atoms with Gasteiger partial charge < -0.3 is 9.47 Å². The molecule has 22 heavy (non-hydrogen) atoms. The molecule has 0 spiro atoms. The topological polar surface area (TPSA) is 38.1 Å². The summed E-state index contributed by atoms with van der Waals surface area (Å²) in [5.74, 6) is 0.751. The minimum absolute atomic E-state index is 0.116. The summed E-state index contributed by atoms with van der Waals surface area (Å²) in [6.45, 7) is 2.69. The molecule has 4 heteroatoms. The van der Waals surface area contributed by atoms with Crippen molar-refractivity contribution < 1.29 is 4.79 Å². The van der Waals surface area contributed by atoms with E-state index in [4.69, 9.17) is 0 Å². The average molecular weight is 295 g/mol. The van der Waals surface area contributed by atoms with Gasteiger partial charge in [-0.25, -0.2) is 4.98 Å². The van der Waals surface area contributed by atoms with Gasteiger partial charge >= 0.3 is 0 Å². The van der Waals surface area contributed by atoms with Gasteiger partial charge in [-0.1, -0.05) is 30.3 Å². The van der Waals surface area contributed by atoms with Gasteiger partial charge in [0.2, 0.25) is 5.91 Å². The third-order valence-electron chi connectivity index (χ3n) is 4.17. The quantitative estimate of drug-likeness (QED) is 0.814. The van der Waals surface area contributed by atoms with Crippen LogP contribution in [0.15, 0.2) is 55.1 Å². The zero-order valence-electron chi connectivity index (χ0n) is 12.6. The molecule has 2 aromatic rings. The van der Waals surface area contributed by atoms with Crippen LogP contribution in [-0.2, 0) is 11.3 Å². The lowest BCUT2D eigenvalue weighted by molar-refractivity contribution is -0.127. The first-order valence-electron chi connectivity index (χ1n) is 7.79. The van der Waals surface area contributed by atoms with E-state index in [1.54, 1.807) is 6.08 Å². The van der Waals surface area contributed by atoms with Gasteiger partial charge in [0.15, 0.2) is 0 Å². The Kier molecular flexibility index (Phi) is 4.68. The second kappa shape index (κ2) is 7.07. The Morgan fingerprint density at radius 3 is 2.68 bits per heavy atom. The summed E-state index contributed by atoms with van der Waals surface area (Å²) in [7, 11) is 0. The summed E-state index contributed by atoms with van der Waals surface area (Å²) in [6.07, 6.45) is 11.4. The number of aromatic nitrogens is 2. The lowest BCUT2D eigenvalue weighted by atomic mass is 9.96. The van der Waals surface area contributed by atoms with Crippen LogP contribution in [0.5, 0.6) is 0 Å². The fourth-order valence-electron chi connectivity index (χ4n) is 2.87. The number of likely N-dealkylation sites (tertiary alicyclic amines) is 1. The van der Waals surface area contributed by atoms with E-state index in [2.05, 4.69) is 9.55 Å². The van der Waals surface area contributed by atoms with E-state index in [1.165, 1.54) is 0 Å². The Morgan fingerprint density at radius 1 is 1.23 bits per heavy atom. The molecule has 1 aliphatic rings. The third kappa shape index (κ3) is 3.85. The molecule has 1 saturated heterocycles. The van der Waals surface area contributed by atoms with Crippen molar-refractivity contribution in [1.82, 2.24) is 14.5 Å². The second-order valence-corrected chi connectivity index (χ2v) is 5.77. The molecular formula is C18H21N3O. The zero-order chi connectivity index (χ0) is 15.2. The van der Waals surface area contributed by atoms with E-state index >= 15 is 0 Å². The molecule has 114 valence electrons. The number of imidazole rings is 1. The van der Waals surface area contributed by atoms with Gasteiger partial charge in [-0.3, -0.25) is 4.79 Å². The molecule has 1 amide bonds. The zero-order valence-corrected chi connectivity index (χ0v) is 12.6. The molecule has 3 rings (SSSR count). The third-order valence-corrected chi connectivity index (χ3v) is 4.17. The molecule has 0 bridgehead atoms. The highest BCUT2D eigenvalue weighted by Crippen LogP contribution is 2.19. The molecule has 0 N–H and O–H groups in total. The molecule has 0 unspecified atom stereocenters. The summed E-state index contributed by atoms with van der Waals surface area (Å²) < 4.78 is 2.12. The predicted molar refractivity (Wildman–Crippen MR) is 87.0 cm³/mol. The fourth-order valence-corrected chi connectivity index (χ4v) is 2.87. The normalized spacial score (nSPS) is 16.3. The largest absolute Gasteiger partial charge is 0.339 e. The summed E-state index contributed by atoms with van der Waals surface area (Å²) in [5.41, 5.74) is 1.06. The maximum Gasteiger partial charge on any atom is 0.246 e. The van der Waals surface area contributed by atoms with E-state index in [9.17, 15) is 4.79 Å². The van der Waals surface area contributed by atoms with E-state index < -0.39 is 0 Å². The predicted octanol–water partition coefficient (Wildman–Crippen LogP) is 2.84. The first kappa shape index (κ1) is 14.6. The van der Waals surface area contributed by atoms with Crippen molar-refractivity contribution in [3.05, 3.63) is 60.7 Å². The number of nitrogens with zero attached hydrogens (tertiary/aromatic N) is 3. The Balaban J connectivity index is 1.48. The summed E-state index contributed by atoms with van der Waals surface area (Å²) >= 11 is 0. The smallest absolute Gasteiger partial charge is 0.246 e. The highest BCUT2D eigenvalue weighted by molar-refractivity contribution is 5.91. The standard InChI is InChI=1S/C18H21N3O/c22-18(7-6-16-4-2-1-3-5-16)21-11-8-17(9-12-21)14-20-13-10-19-15-20/h1-7,10,13,15,17H,8-9,11-12,14H2.